The van der Waals surface area contributed by atoms with Gasteiger partial charge in [-0.1, -0.05) is 31.4 Å². The van der Waals surface area contributed by atoms with E-state index in [0.29, 0.717) is 50.0 Å². The average molecular weight is 395 g/mol. The molecule has 3 rings (SSSR count). The number of benzene rings is 1. The molecule has 1 saturated carbocycles. The number of sulfonamides is 1. The van der Waals surface area contributed by atoms with Gasteiger partial charge in [0.25, 0.3) is 0 Å². The molecule has 0 aromatic heterocycles. The van der Waals surface area contributed by atoms with Crippen molar-refractivity contribution in [1.29, 1.82) is 0 Å². The Labute approximate surface area is 162 Å². The third kappa shape index (κ3) is 5.77. The highest BCUT2D eigenvalue weighted by Crippen LogP contribution is 2.23. The zero-order chi connectivity index (χ0) is 19.1. The molecule has 0 spiro atoms. The lowest BCUT2D eigenvalue weighted by molar-refractivity contribution is -0.121. The van der Waals surface area contributed by atoms with Gasteiger partial charge in [0.05, 0.1) is 18.1 Å². The topological polar surface area (TPSA) is 75.7 Å². The van der Waals surface area contributed by atoms with Crippen molar-refractivity contribution in [2.75, 3.05) is 32.8 Å². The molecule has 0 radical (unpaired) electrons. The predicted octanol–water partition coefficient (Wildman–Crippen LogP) is 2.34. The molecule has 2 fully saturated rings. The summed E-state index contributed by atoms with van der Waals surface area (Å²) >= 11 is 0. The lowest BCUT2D eigenvalue weighted by atomic mass is 9.89. The van der Waals surface area contributed by atoms with Crippen LogP contribution in [-0.4, -0.2) is 51.5 Å². The number of rotatable bonds is 7. The van der Waals surface area contributed by atoms with E-state index in [4.69, 9.17) is 4.74 Å². The molecule has 1 N–H and O–H groups in total. The van der Waals surface area contributed by atoms with Gasteiger partial charge in [0.15, 0.2) is 0 Å². The molecular formula is C20H30N2O4S. The number of morpholine rings is 1. The van der Waals surface area contributed by atoms with E-state index < -0.39 is 10.0 Å². The van der Waals surface area contributed by atoms with Crippen LogP contribution >= 0.6 is 0 Å². The van der Waals surface area contributed by atoms with E-state index in [9.17, 15) is 13.2 Å². The minimum Gasteiger partial charge on any atom is -0.379 e. The SMILES string of the molecule is O=C(CCc1ccc(S(=O)(=O)N2CCOCC2)cc1)NCC1CCCCC1. The molecule has 1 heterocycles. The smallest absolute Gasteiger partial charge is 0.243 e. The second-order valence-electron chi connectivity index (χ2n) is 7.47. The summed E-state index contributed by atoms with van der Waals surface area (Å²) < 4.78 is 31.9. The molecule has 27 heavy (non-hydrogen) atoms. The fraction of sp³-hybridized carbons (Fsp3) is 0.650. The Morgan fingerprint density at radius 3 is 2.41 bits per heavy atom. The number of carbonyl (C=O) groups is 1. The first kappa shape index (κ1) is 20.3. The van der Waals surface area contributed by atoms with Crippen LogP contribution < -0.4 is 5.32 Å². The van der Waals surface area contributed by atoms with Crippen LogP contribution in [0.15, 0.2) is 29.2 Å². The number of ether oxygens (including phenoxy) is 1. The maximum absolute atomic E-state index is 12.6. The summed E-state index contributed by atoms with van der Waals surface area (Å²) in [4.78, 5) is 12.4. The van der Waals surface area contributed by atoms with Gasteiger partial charge in [-0.3, -0.25) is 4.79 Å². The monoisotopic (exact) mass is 394 g/mol. The Bertz CT molecular complexity index is 706. The van der Waals surface area contributed by atoms with Crippen LogP contribution in [0.2, 0.25) is 0 Å². The van der Waals surface area contributed by atoms with Crippen molar-refractivity contribution < 1.29 is 17.9 Å². The second-order valence-corrected chi connectivity index (χ2v) is 9.41. The minimum absolute atomic E-state index is 0.0746. The molecule has 6 nitrogen and oxygen atoms in total. The molecule has 1 aliphatic heterocycles. The van der Waals surface area contributed by atoms with Gasteiger partial charge < -0.3 is 10.1 Å². The lowest BCUT2D eigenvalue weighted by Gasteiger charge is -2.26. The van der Waals surface area contributed by atoms with Crippen molar-refractivity contribution in [1.82, 2.24) is 9.62 Å². The summed E-state index contributed by atoms with van der Waals surface area (Å²) in [5.74, 6) is 0.706. The van der Waals surface area contributed by atoms with Gasteiger partial charge in [0.1, 0.15) is 0 Å². The third-order valence-corrected chi connectivity index (χ3v) is 7.40. The first-order valence-corrected chi connectivity index (χ1v) is 11.4. The number of carbonyl (C=O) groups excluding carboxylic acids is 1. The first-order chi connectivity index (χ1) is 13.1. The number of nitrogens with zero attached hydrogens (tertiary/aromatic N) is 1. The number of hydrogen-bond acceptors (Lipinski definition) is 4. The number of hydrogen-bond donors (Lipinski definition) is 1. The van der Waals surface area contributed by atoms with Crippen molar-refractivity contribution >= 4 is 15.9 Å². The van der Waals surface area contributed by atoms with Crippen molar-refractivity contribution in [3.63, 3.8) is 0 Å². The lowest BCUT2D eigenvalue weighted by Crippen LogP contribution is -2.40. The van der Waals surface area contributed by atoms with Crippen LogP contribution in [0.5, 0.6) is 0 Å². The summed E-state index contributed by atoms with van der Waals surface area (Å²) in [6.07, 6.45) is 7.37. The molecule has 0 bridgehead atoms. The van der Waals surface area contributed by atoms with E-state index in [1.165, 1.54) is 36.4 Å². The molecule has 2 aliphatic rings. The first-order valence-electron chi connectivity index (χ1n) is 9.99. The van der Waals surface area contributed by atoms with E-state index in [1.54, 1.807) is 12.1 Å². The standard InChI is InChI=1S/C20H30N2O4S/c23-20(21-16-18-4-2-1-3-5-18)11-8-17-6-9-19(10-7-17)27(24,25)22-12-14-26-15-13-22/h6-7,9-10,18H,1-5,8,11-16H2,(H,21,23). The van der Waals surface area contributed by atoms with Gasteiger partial charge in [0.2, 0.25) is 15.9 Å². The maximum atomic E-state index is 12.6. The molecule has 1 amide bonds. The Balaban J connectivity index is 1.46. The van der Waals surface area contributed by atoms with Gasteiger partial charge in [-0.15, -0.1) is 0 Å². The zero-order valence-corrected chi connectivity index (χ0v) is 16.7. The molecule has 1 aliphatic carbocycles. The Morgan fingerprint density at radius 2 is 1.74 bits per heavy atom. The van der Waals surface area contributed by atoms with E-state index in [0.717, 1.165) is 12.1 Å². The van der Waals surface area contributed by atoms with Crippen LogP contribution in [0.3, 0.4) is 0 Å². The maximum Gasteiger partial charge on any atom is 0.243 e. The van der Waals surface area contributed by atoms with Gasteiger partial charge in [-0.25, -0.2) is 8.42 Å². The van der Waals surface area contributed by atoms with Crippen molar-refractivity contribution in [3.05, 3.63) is 29.8 Å². The third-order valence-electron chi connectivity index (χ3n) is 5.48. The van der Waals surface area contributed by atoms with Gasteiger partial charge >= 0.3 is 0 Å². The van der Waals surface area contributed by atoms with Gasteiger partial charge in [-0.2, -0.15) is 4.31 Å². The van der Waals surface area contributed by atoms with Gasteiger partial charge in [0, 0.05) is 26.1 Å². The molecule has 0 unspecified atom stereocenters. The predicted molar refractivity (Wildman–Crippen MR) is 104 cm³/mol. The molecule has 0 atom stereocenters. The summed E-state index contributed by atoms with van der Waals surface area (Å²) in [6.45, 7) is 2.45. The number of nitrogens with one attached hydrogen (secondary N) is 1. The van der Waals surface area contributed by atoms with Crippen molar-refractivity contribution in [2.24, 2.45) is 5.92 Å². The quantitative estimate of drug-likeness (QED) is 0.770. The summed E-state index contributed by atoms with van der Waals surface area (Å²) in [5, 5.41) is 3.05. The molecule has 7 heteroatoms. The van der Waals surface area contributed by atoms with E-state index in [-0.39, 0.29) is 5.91 Å². The van der Waals surface area contributed by atoms with Crippen molar-refractivity contribution in [3.8, 4) is 0 Å². The number of amides is 1. The Kier molecular flexibility index (Phi) is 7.26. The largest absolute Gasteiger partial charge is 0.379 e. The highest BCUT2D eigenvalue weighted by atomic mass is 32.2. The molecule has 1 saturated heterocycles. The fourth-order valence-electron chi connectivity index (χ4n) is 3.76. The fourth-order valence-corrected chi connectivity index (χ4v) is 5.17. The molecule has 1 aromatic rings. The average Bonchev–Trinajstić information content (AvgIpc) is 2.72. The molecule has 150 valence electrons. The zero-order valence-electron chi connectivity index (χ0n) is 15.9. The summed E-state index contributed by atoms with van der Waals surface area (Å²) in [6, 6.07) is 6.89. The molecular weight excluding hydrogens is 364 g/mol. The van der Waals surface area contributed by atoms with E-state index >= 15 is 0 Å². The normalized spacial score (nSPS) is 19.7. The Morgan fingerprint density at radius 1 is 1.07 bits per heavy atom. The van der Waals surface area contributed by atoms with Crippen LogP contribution in [-0.2, 0) is 26.0 Å². The second kappa shape index (κ2) is 9.66. The minimum atomic E-state index is -3.46. The van der Waals surface area contributed by atoms with E-state index in [1.807, 2.05) is 12.1 Å². The van der Waals surface area contributed by atoms with Crippen LogP contribution in [0.25, 0.3) is 0 Å². The molecule has 1 aromatic carbocycles. The Hall–Kier alpha value is -1.44. The van der Waals surface area contributed by atoms with Crippen LogP contribution in [0.4, 0.5) is 0 Å². The summed E-state index contributed by atoms with van der Waals surface area (Å²) in [7, 11) is -3.46. The number of aryl methyl sites for hydroxylation is 1. The van der Waals surface area contributed by atoms with Crippen LogP contribution in [0, 0.1) is 5.92 Å². The highest BCUT2D eigenvalue weighted by Gasteiger charge is 2.26. The van der Waals surface area contributed by atoms with Gasteiger partial charge in [-0.05, 0) is 42.9 Å². The van der Waals surface area contributed by atoms with Crippen LogP contribution in [0.1, 0.15) is 44.1 Å². The van der Waals surface area contributed by atoms with Crippen molar-refractivity contribution in [2.45, 2.75) is 49.8 Å². The highest BCUT2D eigenvalue weighted by molar-refractivity contribution is 7.89. The van der Waals surface area contributed by atoms with E-state index in [2.05, 4.69) is 5.32 Å². The summed E-state index contributed by atoms with van der Waals surface area (Å²) in [5.41, 5.74) is 0.976.